The van der Waals surface area contributed by atoms with Crippen LogP contribution in [0.4, 0.5) is 5.82 Å². The van der Waals surface area contributed by atoms with Crippen molar-refractivity contribution in [1.82, 2.24) is 10.3 Å². The molecule has 1 aromatic heterocycles. The highest BCUT2D eigenvalue weighted by Gasteiger charge is 2.38. The molecule has 0 amide bonds. The Hall–Kier alpha value is -0.840. The quantitative estimate of drug-likeness (QED) is 0.833. The van der Waals surface area contributed by atoms with Crippen molar-refractivity contribution in [3.63, 3.8) is 0 Å². The molecule has 0 aliphatic heterocycles. The molecule has 100 valence electrons. The summed E-state index contributed by atoms with van der Waals surface area (Å²) < 4.78 is 5.65. The van der Waals surface area contributed by atoms with E-state index in [2.05, 4.69) is 17.2 Å². The van der Waals surface area contributed by atoms with Crippen LogP contribution in [0.3, 0.4) is 0 Å². The molecule has 3 N–H and O–H groups in total. The van der Waals surface area contributed by atoms with Crippen molar-refractivity contribution in [3.05, 3.63) is 22.8 Å². The Morgan fingerprint density at radius 3 is 2.89 bits per heavy atom. The fraction of sp³-hybridized carbons (Fsp3) is 0.615. The predicted molar refractivity (Wildman–Crippen MR) is 73.6 cm³/mol. The molecule has 1 aromatic rings. The van der Waals surface area contributed by atoms with Gasteiger partial charge in [-0.05, 0) is 31.4 Å². The number of hydrogen-bond donors (Lipinski definition) is 2. The topological polar surface area (TPSA) is 60.2 Å². The lowest BCUT2D eigenvalue weighted by Gasteiger charge is -2.28. The zero-order valence-corrected chi connectivity index (χ0v) is 11.6. The van der Waals surface area contributed by atoms with Gasteiger partial charge in [-0.25, -0.2) is 4.98 Å². The number of nitrogens with one attached hydrogen (secondary N) is 1. The standard InChI is InChI=1S/C13H20ClN3O/c1-3-16-11(12(18-2)8-4-5-8)10-6-9(14)7-17-13(10)15/h6-8,11-12,16H,3-5H2,1-2H3,(H2,15,17). The lowest BCUT2D eigenvalue weighted by atomic mass is 9.98. The summed E-state index contributed by atoms with van der Waals surface area (Å²) in [6.07, 6.45) is 4.14. The fourth-order valence-corrected chi connectivity index (χ4v) is 2.53. The number of anilines is 1. The van der Waals surface area contributed by atoms with Crippen LogP contribution in [0.5, 0.6) is 0 Å². The van der Waals surface area contributed by atoms with Crippen LogP contribution in [0.1, 0.15) is 31.4 Å². The van der Waals surface area contributed by atoms with E-state index in [1.165, 1.54) is 12.8 Å². The summed E-state index contributed by atoms with van der Waals surface area (Å²) in [4.78, 5) is 4.13. The first-order chi connectivity index (χ1) is 8.67. The molecule has 1 aliphatic carbocycles. The Balaban J connectivity index is 2.30. The third-order valence-electron chi connectivity index (χ3n) is 3.36. The molecule has 4 nitrogen and oxygen atoms in total. The molecule has 2 rings (SSSR count). The first-order valence-electron chi connectivity index (χ1n) is 6.34. The second kappa shape index (κ2) is 5.87. The van der Waals surface area contributed by atoms with Gasteiger partial charge in [-0.2, -0.15) is 0 Å². The SMILES string of the molecule is CCNC(c1cc(Cl)cnc1N)C(OC)C1CC1. The van der Waals surface area contributed by atoms with E-state index >= 15 is 0 Å². The number of nitrogens with two attached hydrogens (primary N) is 1. The predicted octanol–water partition coefficient (Wildman–Crippen LogP) is 2.39. The van der Waals surface area contributed by atoms with E-state index in [1.807, 2.05) is 6.07 Å². The number of pyridine rings is 1. The summed E-state index contributed by atoms with van der Waals surface area (Å²) in [5, 5.41) is 4.04. The smallest absolute Gasteiger partial charge is 0.128 e. The molecule has 0 spiro atoms. The molecule has 0 aromatic carbocycles. The van der Waals surface area contributed by atoms with Gasteiger partial charge in [0.15, 0.2) is 0 Å². The molecule has 18 heavy (non-hydrogen) atoms. The van der Waals surface area contributed by atoms with Gasteiger partial charge in [-0.3, -0.25) is 0 Å². The van der Waals surface area contributed by atoms with Crippen LogP contribution in [0.25, 0.3) is 0 Å². The van der Waals surface area contributed by atoms with Crippen molar-refractivity contribution in [2.75, 3.05) is 19.4 Å². The number of nitrogens with zero attached hydrogens (tertiary/aromatic N) is 1. The minimum absolute atomic E-state index is 0.0544. The Kier molecular flexibility index (Phi) is 4.43. The first-order valence-corrected chi connectivity index (χ1v) is 6.72. The third kappa shape index (κ3) is 2.94. The van der Waals surface area contributed by atoms with Crippen LogP contribution in [-0.4, -0.2) is 24.7 Å². The van der Waals surface area contributed by atoms with Gasteiger partial charge in [0, 0.05) is 18.9 Å². The molecule has 0 radical (unpaired) electrons. The number of likely N-dealkylation sites (N-methyl/N-ethyl adjacent to an activating group) is 1. The molecule has 5 heteroatoms. The summed E-state index contributed by atoms with van der Waals surface area (Å²) >= 11 is 6.02. The average Bonchev–Trinajstić information content (AvgIpc) is 3.17. The zero-order chi connectivity index (χ0) is 13.1. The molecule has 1 heterocycles. The number of methoxy groups -OCH3 is 1. The summed E-state index contributed by atoms with van der Waals surface area (Å²) in [6.45, 7) is 2.92. The van der Waals surface area contributed by atoms with Crippen LogP contribution >= 0.6 is 11.6 Å². The van der Waals surface area contributed by atoms with E-state index in [-0.39, 0.29) is 12.1 Å². The number of rotatable bonds is 6. The third-order valence-corrected chi connectivity index (χ3v) is 3.57. The van der Waals surface area contributed by atoms with Gasteiger partial charge in [0.25, 0.3) is 0 Å². The maximum absolute atomic E-state index is 6.02. The molecule has 2 atom stereocenters. The van der Waals surface area contributed by atoms with Crippen LogP contribution in [0.15, 0.2) is 12.3 Å². The number of halogens is 1. The van der Waals surface area contributed by atoms with Crippen LogP contribution in [0.2, 0.25) is 5.02 Å². The van der Waals surface area contributed by atoms with Gasteiger partial charge in [-0.15, -0.1) is 0 Å². The van der Waals surface area contributed by atoms with Gasteiger partial charge in [-0.1, -0.05) is 18.5 Å². The Bertz CT molecular complexity index is 409. The van der Waals surface area contributed by atoms with Gasteiger partial charge < -0.3 is 15.8 Å². The summed E-state index contributed by atoms with van der Waals surface area (Å²) in [5.74, 6) is 1.13. The highest BCUT2D eigenvalue weighted by molar-refractivity contribution is 6.30. The number of aromatic nitrogens is 1. The molecule has 1 saturated carbocycles. The van der Waals surface area contributed by atoms with Crippen LogP contribution in [-0.2, 0) is 4.74 Å². The molecule has 0 saturated heterocycles. The second-order valence-corrected chi connectivity index (χ2v) is 5.14. The van der Waals surface area contributed by atoms with E-state index in [0.29, 0.717) is 16.8 Å². The highest BCUT2D eigenvalue weighted by atomic mass is 35.5. The van der Waals surface area contributed by atoms with Crippen LogP contribution in [0, 0.1) is 5.92 Å². The van der Waals surface area contributed by atoms with Gasteiger partial charge >= 0.3 is 0 Å². The van der Waals surface area contributed by atoms with Crippen molar-refractivity contribution >= 4 is 17.4 Å². The maximum atomic E-state index is 6.02. The van der Waals surface area contributed by atoms with Gasteiger partial charge in [0.1, 0.15) is 5.82 Å². The van der Waals surface area contributed by atoms with Crippen molar-refractivity contribution in [1.29, 1.82) is 0 Å². The van der Waals surface area contributed by atoms with Crippen molar-refractivity contribution < 1.29 is 4.74 Å². The minimum Gasteiger partial charge on any atom is -0.383 e. The maximum Gasteiger partial charge on any atom is 0.128 e. The van der Waals surface area contributed by atoms with Crippen molar-refractivity contribution in [2.24, 2.45) is 5.92 Å². The summed E-state index contributed by atoms with van der Waals surface area (Å²) in [5.41, 5.74) is 6.90. The average molecular weight is 270 g/mol. The van der Waals surface area contributed by atoms with Gasteiger partial charge in [0.2, 0.25) is 0 Å². The van der Waals surface area contributed by atoms with E-state index in [0.717, 1.165) is 12.1 Å². The monoisotopic (exact) mass is 269 g/mol. The largest absolute Gasteiger partial charge is 0.383 e. The molecule has 0 bridgehead atoms. The molecule has 2 unspecified atom stereocenters. The van der Waals surface area contributed by atoms with Crippen molar-refractivity contribution in [2.45, 2.75) is 31.9 Å². The summed E-state index contributed by atoms with van der Waals surface area (Å²) in [6, 6.07) is 1.93. The van der Waals surface area contributed by atoms with E-state index in [9.17, 15) is 0 Å². The van der Waals surface area contributed by atoms with E-state index in [1.54, 1.807) is 13.3 Å². The Morgan fingerprint density at radius 1 is 1.61 bits per heavy atom. The molecule has 1 fully saturated rings. The Morgan fingerprint density at radius 2 is 2.33 bits per heavy atom. The molecule has 1 aliphatic rings. The van der Waals surface area contributed by atoms with Crippen molar-refractivity contribution in [3.8, 4) is 0 Å². The Labute approximate surface area is 113 Å². The number of hydrogen-bond acceptors (Lipinski definition) is 4. The fourth-order valence-electron chi connectivity index (χ4n) is 2.36. The minimum atomic E-state index is 0.0544. The van der Waals surface area contributed by atoms with Crippen LogP contribution < -0.4 is 11.1 Å². The van der Waals surface area contributed by atoms with E-state index in [4.69, 9.17) is 22.1 Å². The normalized spacial score (nSPS) is 18.6. The van der Waals surface area contributed by atoms with Gasteiger partial charge in [0.05, 0.1) is 17.2 Å². The number of ether oxygens (including phenoxy) is 1. The first kappa shape index (κ1) is 13.6. The molecular formula is C13H20ClN3O. The number of nitrogen functional groups attached to an aromatic ring is 1. The van der Waals surface area contributed by atoms with E-state index < -0.39 is 0 Å². The highest BCUT2D eigenvalue weighted by Crippen LogP contribution is 2.40. The lowest BCUT2D eigenvalue weighted by molar-refractivity contribution is 0.0513. The lowest BCUT2D eigenvalue weighted by Crippen LogP contribution is -2.35. The second-order valence-electron chi connectivity index (χ2n) is 4.70. The zero-order valence-electron chi connectivity index (χ0n) is 10.8. The summed E-state index contributed by atoms with van der Waals surface area (Å²) in [7, 11) is 1.75. The molecular weight excluding hydrogens is 250 g/mol.